The van der Waals surface area contributed by atoms with Crippen molar-refractivity contribution in [1.29, 1.82) is 0 Å². The summed E-state index contributed by atoms with van der Waals surface area (Å²) in [6.07, 6.45) is 3.12. The van der Waals surface area contributed by atoms with Gasteiger partial charge in [-0.15, -0.1) is 0 Å². The smallest absolute Gasteiger partial charge is 0.343 e. The Morgan fingerprint density at radius 3 is 2.36 bits per heavy atom. The highest BCUT2D eigenvalue weighted by Gasteiger charge is 2.12. The quantitative estimate of drug-likeness (QED) is 0.319. The third-order valence-electron chi connectivity index (χ3n) is 2.97. The molecule has 108 valence electrons. The summed E-state index contributed by atoms with van der Waals surface area (Å²) >= 11 is 0. The van der Waals surface area contributed by atoms with E-state index in [2.05, 4.69) is 9.97 Å². The highest BCUT2D eigenvalue weighted by Crippen LogP contribution is 2.19. The van der Waals surface area contributed by atoms with Crippen LogP contribution in [0.25, 0.3) is 11.0 Å². The van der Waals surface area contributed by atoms with Crippen molar-refractivity contribution in [1.82, 2.24) is 9.97 Å². The average molecular weight is 295 g/mol. The minimum absolute atomic E-state index is 0.0856. The molecule has 0 aliphatic carbocycles. The molecule has 0 saturated heterocycles. The first-order chi connectivity index (χ1) is 10.6. The number of nitro groups is 1. The largest absolute Gasteiger partial charge is 0.423 e. The van der Waals surface area contributed by atoms with E-state index in [0.29, 0.717) is 16.8 Å². The van der Waals surface area contributed by atoms with Gasteiger partial charge in [-0.2, -0.15) is 0 Å². The minimum atomic E-state index is -0.599. The molecule has 0 radical (unpaired) electrons. The number of esters is 1. The topological polar surface area (TPSA) is 95.2 Å². The Balaban J connectivity index is 1.81. The minimum Gasteiger partial charge on any atom is -0.423 e. The molecule has 3 aromatic rings. The molecular weight excluding hydrogens is 286 g/mol. The molecule has 1 heterocycles. The van der Waals surface area contributed by atoms with Gasteiger partial charge in [0, 0.05) is 30.6 Å². The Morgan fingerprint density at radius 2 is 1.68 bits per heavy atom. The maximum atomic E-state index is 12.0. The van der Waals surface area contributed by atoms with Gasteiger partial charge in [-0.1, -0.05) is 0 Å². The fourth-order valence-electron chi connectivity index (χ4n) is 1.89. The van der Waals surface area contributed by atoms with Crippen LogP contribution in [0.1, 0.15) is 10.4 Å². The van der Waals surface area contributed by atoms with Crippen molar-refractivity contribution in [2.24, 2.45) is 0 Å². The highest BCUT2D eigenvalue weighted by atomic mass is 16.6. The van der Waals surface area contributed by atoms with Crippen molar-refractivity contribution in [2.75, 3.05) is 0 Å². The lowest BCUT2D eigenvalue weighted by atomic mass is 10.2. The number of aromatic nitrogens is 2. The number of nitro benzene ring substituents is 1. The molecule has 0 saturated carbocycles. The van der Waals surface area contributed by atoms with E-state index in [1.807, 2.05) is 0 Å². The molecular formula is C15H9N3O4. The molecule has 0 atom stereocenters. The summed E-state index contributed by atoms with van der Waals surface area (Å²) in [5.41, 5.74) is 1.44. The summed E-state index contributed by atoms with van der Waals surface area (Å²) in [6, 6.07) is 10.1. The summed E-state index contributed by atoms with van der Waals surface area (Å²) in [7, 11) is 0. The summed E-state index contributed by atoms with van der Waals surface area (Å²) in [6.45, 7) is 0. The van der Waals surface area contributed by atoms with Gasteiger partial charge in [0.25, 0.3) is 5.69 Å². The van der Waals surface area contributed by atoms with E-state index in [9.17, 15) is 14.9 Å². The first-order valence-corrected chi connectivity index (χ1v) is 6.31. The molecule has 0 aliphatic rings. The van der Waals surface area contributed by atoms with Crippen LogP contribution in [0.3, 0.4) is 0 Å². The lowest BCUT2D eigenvalue weighted by molar-refractivity contribution is -0.384. The zero-order valence-corrected chi connectivity index (χ0v) is 11.2. The molecule has 7 nitrogen and oxygen atoms in total. The van der Waals surface area contributed by atoms with Crippen LogP contribution in [0.2, 0.25) is 0 Å². The molecule has 0 amide bonds. The number of hydrogen-bond acceptors (Lipinski definition) is 6. The summed E-state index contributed by atoms with van der Waals surface area (Å²) < 4.78 is 5.23. The van der Waals surface area contributed by atoms with Crippen LogP contribution in [0.15, 0.2) is 54.9 Å². The van der Waals surface area contributed by atoms with Gasteiger partial charge in [0.05, 0.1) is 21.5 Å². The molecule has 0 bridgehead atoms. The van der Waals surface area contributed by atoms with E-state index in [1.54, 1.807) is 30.6 Å². The van der Waals surface area contributed by atoms with Crippen molar-refractivity contribution in [2.45, 2.75) is 0 Å². The van der Waals surface area contributed by atoms with Crippen LogP contribution < -0.4 is 4.74 Å². The number of ether oxygens (including phenoxy) is 1. The van der Waals surface area contributed by atoms with Crippen molar-refractivity contribution in [3.05, 3.63) is 70.5 Å². The van der Waals surface area contributed by atoms with Gasteiger partial charge in [-0.05, 0) is 24.3 Å². The van der Waals surface area contributed by atoms with Crippen molar-refractivity contribution in [3.63, 3.8) is 0 Å². The number of benzene rings is 2. The third kappa shape index (κ3) is 2.73. The molecule has 0 fully saturated rings. The highest BCUT2D eigenvalue weighted by molar-refractivity contribution is 5.91. The van der Waals surface area contributed by atoms with Crippen LogP contribution in [-0.4, -0.2) is 20.9 Å². The van der Waals surface area contributed by atoms with Crippen molar-refractivity contribution >= 4 is 22.7 Å². The molecule has 0 spiro atoms. The summed E-state index contributed by atoms with van der Waals surface area (Å²) in [4.78, 5) is 30.3. The predicted molar refractivity (Wildman–Crippen MR) is 77.6 cm³/mol. The Morgan fingerprint density at radius 1 is 1.00 bits per heavy atom. The molecule has 1 aromatic heterocycles. The normalized spacial score (nSPS) is 10.4. The number of carbonyl (C=O) groups is 1. The molecule has 7 heteroatoms. The van der Waals surface area contributed by atoms with E-state index < -0.39 is 10.9 Å². The second-order valence-electron chi connectivity index (χ2n) is 4.40. The first-order valence-electron chi connectivity index (χ1n) is 6.31. The number of hydrogen-bond donors (Lipinski definition) is 0. The van der Waals surface area contributed by atoms with E-state index >= 15 is 0 Å². The SMILES string of the molecule is O=C(Oc1ccc2nccnc2c1)c1ccc([N+](=O)[O-])cc1. The zero-order valence-electron chi connectivity index (χ0n) is 11.2. The van der Waals surface area contributed by atoms with E-state index in [1.165, 1.54) is 24.3 Å². The van der Waals surface area contributed by atoms with Crippen LogP contribution in [0.4, 0.5) is 5.69 Å². The number of nitrogens with zero attached hydrogens (tertiary/aromatic N) is 3. The lowest BCUT2D eigenvalue weighted by Crippen LogP contribution is -2.08. The predicted octanol–water partition coefficient (Wildman–Crippen LogP) is 2.76. The first kappa shape index (κ1) is 13.6. The van der Waals surface area contributed by atoms with Crippen molar-refractivity contribution in [3.8, 4) is 5.75 Å². The van der Waals surface area contributed by atoms with Gasteiger partial charge in [0.2, 0.25) is 0 Å². The summed E-state index contributed by atoms with van der Waals surface area (Å²) in [5, 5.41) is 10.6. The standard InChI is InChI=1S/C15H9N3O4/c19-15(10-1-3-11(4-2-10)18(20)21)22-12-5-6-13-14(9-12)17-8-7-16-13/h1-9H. The maximum absolute atomic E-state index is 12.0. The molecule has 0 N–H and O–H groups in total. The molecule has 22 heavy (non-hydrogen) atoms. The van der Waals surface area contributed by atoms with Crippen LogP contribution in [0.5, 0.6) is 5.75 Å². The van der Waals surface area contributed by atoms with Gasteiger partial charge in [-0.3, -0.25) is 20.1 Å². The Kier molecular flexibility index (Phi) is 3.45. The van der Waals surface area contributed by atoms with Crippen LogP contribution >= 0.6 is 0 Å². The number of rotatable bonds is 3. The monoisotopic (exact) mass is 295 g/mol. The van der Waals surface area contributed by atoms with E-state index in [0.717, 1.165) is 0 Å². The fraction of sp³-hybridized carbons (Fsp3) is 0. The van der Waals surface area contributed by atoms with E-state index in [-0.39, 0.29) is 11.3 Å². The van der Waals surface area contributed by atoms with Gasteiger partial charge >= 0.3 is 5.97 Å². The molecule has 0 unspecified atom stereocenters. The summed E-state index contributed by atoms with van der Waals surface area (Å²) in [5.74, 6) is -0.269. The van der Waals surface area contributed by atoms with Crippen molar-refractivity contribution < 1.29 is 14.5 Å². The van der Waals surface area contributed by atoms with Gasteiger partial charge in [0.15, 0.2) is 0 Å². The second kappa shape index (κ2) is 5.57. The molecule has 2 aromatic carbocycles. The number of fused-ring (bicyclic) bond motifs is 1. The van der Waals surface area contributed by atoms with Crippen LogP contribution in [-0.2, 0) is 0 Å². The molecule has 3 rings (SSSR count). The zero-order chi connectivity index (χ0) is 15.5. The van der Waals surface area contributed by atoms with Crippen LogP contribution in [0, 0.1) is 10.1 Å². The fourth-order valence-corrected chi connectivity index (χ4v) is 1.89. The Bertz CT molecular complexity index is 862. The maximum Gasteiger partial charge on any atom is 0.343 e. The van der Waals surface area contributed by atoms with Gasteiger partial charge < -0.3 is 4.74 Å². The molecule has 0 aliphatic heterocycles. The van der Waals surface area contributed by atoms with Gasteiger partial charge in [-0.25, -0.2) is 4.79 Å². The lowest BCUT2D eigenvalue weighted by Gasteiger charge is -2.05. The number of non-ortho nitro benzene ring substituents is 1. The second-order valence-corrected chi connectivity index (χ2v) is 4.40. The Labute approximate surface area is 124 Å². The van der Waals surface area contributed by atoms with Gasteiger partial charge in [0.1, 0.15) is 5.75 Å². The Hall–Kier alpha value is -3.35. The average Bonchev–Trinajstić information content (AvgIpc) is 2.55. The third-order valence-corrected chi connectivity index (χ3v) is 2.97. The van der Waals surface area contributed by atoms with E-state index in [4.69, 9.17) is 4.74 Å². The number of carbonyl (C=O) groups excluding carboxylic acids is 1.